The molecule has 152 valence electrons. The second kappa shape index (κ2) is 8.81. The minimum absolute atomic E-state index is 0.216. The number of imide groups is 1. The number of halogens is 1. The van der Waals surface area contributed by atoms with Gasteiger partial charge in [0.1, 0.15) is 6.54 Å². The Morgan fingerprint density at radius 3 is 2.45 bits per heavy atom. The summed E-state index contributed by atoms with van der Waals surface area (Å²) in [6.45, 7) is -0.266. The van der Waals surface area contributed by atoms with Crippen LogP contribution in [-0.2, 0) is 20.1 Å². The van der Waals surface area contributed by atoms with Gasteiger partial charge in [0.05, 0.1) is 11.8 Å². The highest BCUT2D eigenvalue weighted by Crippen LogP contribution is 2.38. The summed E-state index contributed by atoms with van der Waals surface area (Å²) >= 11 is 8.65. The summed E-state index contributed by atoms with van der Waals surface area (Å²) < 4.78 is 0.717. The summed E-state index contributed by atoms with van der Waals surface area (Å²) in [5, 5.41) is 11.7. The van der Waals surface area contributed by atoms with Crippen molar-refractivity contribution in [2.24, 2.45) is 11.8 Å². The van der Waals surface area contributed by atoms with Crippen molar-refractivity contribution < 1.29 is 14.4 Å². The van der Waals surface area contributed by atoms with Crippen LogP contribution >= 0.6 is 34.7 Å². The first-order valence-corrected chi connectivity index (χ1v) is 11.5. The second-order valence-electron chi connectivity index (χ2n) is 7.10. The van der Waals surface area contributed by atoms with E-state index in [2.05, 4.69) is 15.5 Å². The number of nitrogens with zero attached hydrogens (tertiary/aromatic N) is 3. The second-order valence-corrected chi connectivity index (χ2v) is 9.73. The van der Waals surface area contributed by atoms with E-state index in [1.807, 2.05) is 24.3 Å². The fourth-order valence-electron chi connectivity index (χ4n) is 3.73. The van der Waals surface area contributed by atoms with E-state index in [9.17, 15) is 14.4 Å². The number of carbonyl (C=O) groups is 3. The van der Waals surface area contributed by atoms with E-state index >= 15 is 0 Å². The zero-order valence-electron chi connectivity index (χ0n) is 15.5. The Morgan fingerprint density at radius 2 is 1.79 bits per heavy atom. The smallest absolute Gasteiger partial charge is 0.246 e. The van der Waals surface area contributed by atoms with E-state index in [0.29, 0.717) is 15.9 Å². The highest BCUT2D eigenvalue weighted by molar-refractivity contribution is 8.00. The lowest BCUT2D eigenvalue weighted by atomic mass is 9.81. The number of amides is 3. The third kappa shape index (κ3) is 4.62. The Balaban J connectivity index is 1.30. The highest BCUT2D eigenvalue weighted by atomic mass is 35.5. The Hall–Kier alpha value is -1.97. The molecule has 1 aliphatic carbocycles. The summed E-state index contributed by atoms with van der Waals surface area (Å²) in [7, 11) is 0. The molecular weight excluding hydrogens is 432 g/mol. The van der Waals surface area contributed by atoms with Crippen molar-refractivity contribution in [3.63, 3.8) is 0 Å². The monoisotopic (exact) mass is 450 g/mol. The van der Waals surface area contributed by atoms with Gasteiger partial charge in [-0.3, -0.25) is 24.6 Å². The van der Waals surface area contributed by atoms with Gasteiger partial charge in [-0.05, 0) is 30.5 Å². The quantitative estimate of drug-likeness (QED) is 0.410. The Kier molecular flexibility index (Phi) is 6.17. The number of hydrogen-bond donors (Lipinski definition) is 1. The maximum atomic E-state index is 12.5. The van der Waals surface area contributed by atoms with Gasteiger partial charge in [0.2, 0.25) is 22.9 Å². The van der Waals surface area contributed by atoms with Gasteiger partial charge in [0, 0.05) is 10.8 Å². The molecule has 3 amide bonds. The van der Waals surface area contributed by atoms with E-state index in [1.54, 1.807) is 0 Å². The molecule has 1 saturated heterocycles. The van der Waals surface area contributed by atoms with E-state index in [4.69, 9.17) is 11.6 Å². The predicted molar refractivity (Wildman–Crippen MR) is 112 cm³/mol. The van der Waals surface area contributed by atoms with Crippen LogP contribution in [-0.4, -0.2) is 39.4 Å². The van der Waals surface area contributed by atoms with Crippen LogP contribution in [0.25, 0.3) is 0 Å². The van der Waals surface area contributed by atoms with Gasteiger partial charge in [0.25, 0.3) is 0 Å². The molecule has 29 heavy (non-hydrogen) atoms. The molecule has 0 unspecified atom stereocenters. The number of fused-ring (bicyclic) bond motifs is 1. The lowest BCUT2D eigenvalue weighted by Gasteiger charge is -2.19. The third-order valence-electron chi connectivity index (χ3n) is 5.16. The molecular formula is C19H19ClN4O3S2. The number of anilines is 1. The average Bonchev–Trinajstić information content (AvgIpc) is 3.26. The Labute approximate surface area is 181 Å². The molecule has 1 aliphatic heterocycles. The van der Waals surface area contributed by atoms with Crippen LogP contribution in [0.2, 0.25) is 5.02 Å². The maximum Gasteiger partial charge on any atom is 0.246 e. The zero-order valence-corrected chi connectivity index (χ0v) is 17.9. The Bertz CT molecular complexity index is 910. The van der Waals surface area contributed by atoms with Gasteiger partial charge < -0.3 is 0 Å². The molecule has 2 aromatic rings. The average molecular weight is 451 g/mol. The molecule has 2 atom stereocenters. The minimum Gasteiger partial charge on any atom is -0.299 e. The van der Waals surface area contributed by atoms with Crippen molar-refractivity contribution in [1.82, 2.24) is 15.1 Å². The summed E-state index contributed by atoms with van der Waals surface area (Å²) in [6.07, 6.45) is 3.39. The van der Waals surface area contributed by atoms with Crippen LogP contribution in [0.15, 0.2) is 28.6 Å². The minimum atomic E-state index is -0.434. The number of nitrogens with one attached hydrogen (secondary N) is 1. The van der Waals surface area contributed by atoms with Gasteiger partial charge in [0.15, 0.2) is 4.34 Å². The van der Waals surface area contributed by atoms with E-state index in [-0.39, 0.29) is 30.2 Å². The van der Waals surface area contributed by atoms with E-state index in [1.165, 1.54) is 23.1 Å². The summed E-state index contributed by atoms with van der Waals surface area (Å²) in [4.78, 5) is 38.4. The van der Waals surface area contributed by atoms with Gasteiger partial charge in [-0.15, -0.1) is 10.2 Å². The molecule has 1 aromatic heterocycles. The number of likely N-dealkylation sites (tertiary alicyclic amines) is 1. The number of benzene rings is 1. The summed E-state index contributed by atoms with van der Waals surface area (Å²) in [5.74, 6) is -0.657. The molecule has 1 N–H and O–H groups in total. The van der Waals surface area contributed by atoms with Gasteiger partial charge in [-0.2, -0.15) is 0 Å². The van der Waals surface area contributed by atoms with Gasteiger partial charge >= 0.3 is 0 Å². The van der Waals surface area contributed by atoms with Crippen LogP contribution in [0.3, 0.4) is 0 Å². The van der Waals surface area contributed by atoms with Crippen molar-refractivity contribution in [3.05, 3.63) is 34.9 Å². The SMILES string of the molecule is O=C(CN1C(=O)[C@H]2CCCC[C@@H]2C1=O)Nc1nnc(SCc2ccc(Cl)cc2)s1. The fraction of sp³-hybridized carbons (Fsp3) is 0.421. The molecule has 10 heteroatoms. The first kappa shape index (κ1) is 20.3. The number of carbonyl (C=O) groups excluding carboxylic acids is 3. The van der Waals surface area contributed by atoms with Crippen LogP contribution in [0, 0.1) is 11.8 Å². The molecule has 4 rings (SSSR count). The summed E-state index contributed by atoms with van der Waals surface area (Å²) in [6, 6.07) is 7.56. The molecule has 2 heterocycles. The number of hydrogen-bond acceptors (Lipinski definition) is 7. The molecule has 1 aromatic carbocycles. The molecule has 2 aliphatic rings. The fourth-order valence-corrected chi connectivity index (χ4v) is 5.58. The van der Waals surface area contributed by atoms with E-state index in [0.717, 1.165) is 40.5 Å². The number of rotatable bonds is 6. The maximum absolute atomic E-state index is 12.5. The largest absolute Gasteiger partial charge is 0.299 e. The van der Waals surface area contributed by atoms with Crippen molar-refractivity contribution in [1.29, 1.82) is 0 Å². The molecule has 0 radical (unpaired) electrons. The normalized spacial score (nSPS) is 21.3. The van der Waals surface area contributed by atoms with Crippen molar-refractivity contribution in [3.8, 4) is 0 Å². The molecule has 0 spiro atoms. The molecule has 0 bridgehead atoms. The molecule has 1 saturated carbocycles. The topological polar surface area (TPSA) is 92.3 Å². The van der Waals surface area contributed by atoms with E-state index < -0.39 is 5.91 Å². The molecule has 7 nitrogen and oxygen atoms in total. The highest BCUT2D eigenvalue weighted by Gasteiger charge is 2.48. The summed E-state index contributed by atoms with van der Waals surface area (Å²) in [5.41, 5.74) is 1.10. The standard InChI is InChI=1S/C19H19ClN4O3S2/c20-12-7-5-11(6-8-12)10-28-19-23-22-18(29-19)21-15(25)9-24-16(26)13-3-1-2-4-14(13)17(24)27/h5-8,13-14H,1-4,9-10H2,(H,21,22,25)/t13-,14-/m0/s1. The Morgan fingerprint density at radius 1 is 1.14 bits per heavy atom. The lowest BCUT2D eigenvalue weighted by molar-refractivity contribution is -0.142. The van der Waals surface area contributed by atoms with Crippen LogP contribution in [0.1, 0.15) is 31.2 Å². The van der Waals surface area contributed by atoms with Crippen molar-refractivity contribution >= 4 is 57.6 Å². The van der Waals surface area contributed by atoms with Crippen LogP contribution < -0.4 is 5.32 Å². The predicted octanol–water partition coefficient (Wildman–Crippen LogP) is 3.60. The van der Waals surface area contributed by atoms with Crippen molar-refractivity contribution in [2.45, 2.75) is 35.8 Å². The van der Waals surface area contributed by atoms with Gasteiger partial charge in [-0.25, -0.2) is 0 Å². The van der Waals surface area contributed by atoms with Gasteiger partial charge in [-0.1, -0.05) is 59.7 Å². The van der Waals surface area contributed by atoms with Crippen LogP contribution in [0.5, 0.6) is 0 Å². The lowest BCUT2D eigenvalue weighted by Crippen LogP contribution is -2.38. The first-order valence-electron chi connectivity index (χ1n) is 9.37. The number of thioether (sulfide) groups is 1. The third-order valence-corrected chi connectivity index (χ3v) is 7.46. The zero-order chi connectivity index (χ0) is 20.4. The van der Waals surface area contributed by atoms with Crippen LogP contribution in [0.4, 0.5) is 5.13 Å². The first-order chi connectivity index (χ1) is 14.0. The number of aromatic nitrogens is 2. The molecule has 2 fully saturated rings. The van der Waals surface area contributed by atoms with Crippen molar-refractivity contribution in [2.75, 3.05) is 11.9 Å².